The maximum absolute atomic E-state index is 7.56. The highest BCUT2D eigenvalue weighted by atomic mass is 35.5. The average Bonchev–Trinajstić information content (AvgIpc) is 2.41. The molecule has 0 amide bonds. The predicted molar refractivity (Wildman–Crippen MR) is 83.9 cm³/mol. The number of amidine groups is 1. The van der Waals surface area contributed by atoms with E-state index >= 15 is 0 Å². The number of nitrogens with two attached hydrogens (primary N) is 1. The van der Waals surface area contributed by atoms with Crippen molar-refractivity contribution in [3.8, 4) is 0 Å². The van der Waals surface area contributed by atoms with Crippen LogP contribution in [-0.2, 0) is 11.5 Å². The molecule has 0 fully saturated rings. The maximum atomic E-state index is 7.56. The van der Waals surface area contributed by atoms with Gasteiger partial charge in [-0.15, -0.1) is 0 Å². The van der Waals surface area contributed by atoms with Crippen LogP contribution in [0.25, 0.3) is 0 Å². The van der Waals surface area contributed by atoms with E-state index in [0.717, 1.165) is 33.2 Å². The molecule has 0 unspecified atom stereocenters. The Hall–Kier alpha value is -1.45. The fourth-order valence-electron chi connectivity index (χ4n) is 1.80. The summed E-state index contributed by atoms with van der Waals surface area (Å²) in [4.78, 5) is 0. The molecular formula is C15H15ClN2S. The third kappa shape index (κ3) is 3.75. The third-order valence-electron chi connectivity index (χ3n) is 2.78. The number of thioether (sulfide) groups is 1. The van der Waals surface area contributed by atoms with E-state index in [1.807, 2.05) is 48.5 Å². The third-order valence-corrected chi connectivity index (χ3v) is 4.18. The Kier molecular flexibility index (Phi) is 4.88. The van der Waals surface area contributed by atoms with Crippen LogP contribution in [0.4, 0.5) is 0 Å². The smallest absolute Gasteiger partial charge is 0.123 e. The highest BCUT2D eigenvalue weighted by molar-refractivity contribution is 7.97. The number of nitrogens with one attached hydrogen (secondary N) is 1. The highest BCUT2D eigenvalue weighted by Crippen LogP contribution is 2.24. The van der Waals surface area contributed by atoms with Crippen molar-refractivity contribution in [3.05, 3.63) is 70.2 Å². The lowest BCUT2D eigenvalue weighted by atomic mass is 10.1. The monoisotopic (exact) mass is 290 g/mol. The number of rotatable bonds is 5. The van der Waals surface area contributed by atoms with Gasteiger partial charge in [-0.1, -0.05) is 54.1 Å². The topological polar surface area (TPSA) is 49.9 Å². The number of hydrogen-bond donors (Lipinski definition) is 2. The minimum atomic E-state index is 0.119. The lowest BCUT2D eigenvalue weighted by molar-refractivity contribution is 1.32. The molecule has 3 N–H and O–H groups in total. The first kappa shape index (κ1) is 14.0. The predicted octanol–water partition coefficient (Wildman–Crippen LogP) is 4.06. The van der Waals surface area contributed by atoms with Gasteiger partial charge in [0.2, 0.25) is 0 Å². The second kappa shape index (κ2) is 6.64. The molecule has 0 aliphatic carbocycles. The van der Waals surface area contributed by atoms with Gasteiger partial charge in [0, 0.05) is 22.1 Å². The molecule has 4 heteroatoms. The van der Waals surface area contributed by atoms with Gasteiger partial charge >= 0.3 is 0 Å². The van der Waals surface area contributed by atoms with Crippen molar-refractivity contribution in [2.24, 2.45) is 5.73 Å². The zero-order valence-corrected chi connectivity index (χ0v) is 12.0. The van der Waals surface area contributed by atoms with Gasteiger partial charge in [-0.25, -0.2) is 0 Å². The van der Waals surface area contributed by atoms with E-state index in [1.165, 1.54) is 0 Å². The van der Waals surface area contributed by atoms with Crippen LogP contribution in [0.2, 0.25) is 5.02 Å². The molecule has 0 atom stereocenters. The summed E-state index contributed by atoms with van der Waals surface area (Å²) in [6.45, 7) is 0. The fraction of sp³-hybridized carbons (Fsp3) is 0.133. The van der Waals surface area contributed by atoms with Gasteiger partial charge in [0.1, 0.15) is 5.84 Å². The molecule has 0 aromatic heterocycles. The second-order valence-corrected chi connectivity index (χ2v) is 5.55. The van der Waals surface area contributed by atoms with Crippen molar-refractivity contribution in [1.29, 1.82) is 5.41 Å². The molecule has 2 nitrogen and oxygen atoms in total. The van der Waals surface area contributed by atoms with Crippen LogP contribution < -0.4 is 5.73 Å². The SMILES string of the molecule is N=C(N)c1ccccc1CSCc1ccccc1Cl. The van der Waals surface area contributed by atoms with Crippen molar-refractivity contribution < 1.29 is 0 Å². The van der Waals surface area contributed by atoms with Crippen LogP contribution in [0.3, 0.4) is 0 Å². The van der Waals surface area contributed by atoms with E-state index in [2.05, 4.69) is 0 Å². The minimum absolute atomic E-state index is 0.119. The van der Waals surface area contributed by atoms with Gasteiger partial charge in [-0.05, 0) is 17.2 Å². The minimum Gasteiger partial charge on any atom is -0.384 e. The van der Waals surface area contributed by atoms with Gasteiger partial charge in [0.05, 0.1) is 0 Å². The maximum Gasteiger partial charge on any atom is 0.123 e. The fourth-order valence-corrected chi connectivity index (χ4v) is 3.12. The summed E-state index contributed by atoms with van der Waals surface area (Å²) >= 11 is 7.89. The summed E-state index contributed by atoms with van der Waals surface area (Å²) in [5, 5.41) is 8.36. The Labute approximate surface area is 122 Å². The van der Waals surface area contributed by atoms with Crippen molar-refractivity contribution >= 4 is 29.2 Å². The summed E-state index contributed by atoms with van der Waals surface area (Å²) in [6.07, 6.45) is 0. The van der Waals surface area contributed by atoms with Gasteiger partial charge in [-0.2, -0.15) is 11.8 Å². The van der Waals surface area contributed by atoms with E-state index in [1.54, 1.807) is 11.8 Å². The van der Waals surface area contributed by atoms with Gasteiger partial charge in [0.25, 0.3) is 0 Å². The molecule has 2 rings (SSSR count). The van der Waals surface area contributed by atoms with Crippen LogP contribution in [0, 0.1) is 5.41 Å². The largest absolute Gasteiger partial charge is 0.384 e. The summed E-state index contributed by atoms with van der Waals surface area (Å²) < 4.78 is 0. The molecule has 0 aliphatic rings. The number of nitrogen functional groups attached to an aromatic ring is 1. The molecule has 19 heavy (non-hydrogen) atoms. The number of benzene rings is 2. The zero-order chi connectivity index (χ0) is 13.7. The Morgan fingerprint density at radius 1 is 1.00 bits per heavy atom. The summed E-state index contributed by atoms with van der Waals surface area (Å²) in [7, 11) is 0. The quantitative estimate of drug-likeness (QED) is 0.644. The average molecular weight is 291 g/mol. The van der Waals surface area contributed by atoms with E-state index in [9.17, 15) is 0 Å². The van der Waals surface area contributed by atoms with Gasteiger partial charge in [-0.3, -0.25) is 5.41 Å². The molecule has 2 aromatic carbocycles. The van der Waals surface area contributed by atoms with E-state index in [4.69, 9.17) is 22.7 Å². The van der Waals surface area contributed by atoms with Crippen LogP contribution in [0.15, 0.2) is 48.5 Å². The molecule has 0 bridgehead atoms. The Morgan fingerprint density at radius 3 is 2.26 bits per heavy atom. The lowest BCUT2D eigenvalue weighted by Crippen LogP contribution is -2.13. The first-order chi connectivity index (χ1) is 9.18. The molecule has 0 radical (unpaired) electrons. The summed E-state index contributed by atoms with van der Waals surface area (Å²) in [6, 6.07) is 15.6. The van der Waals surface area contributed by atoms with Gasteiger partial charge < -0.3 is 5.73 Å². The van der Waals surface area contributed by atoms with Crippen molar-refractivity contribution in [2.45, 2.75) is 11.5 Å². The molecule has 0 aliphatic heterocycles. The van der Waals surface area contributed by atoms with Crippen LogP contribution in [0.5, 0.6) is 0 Å². The second-order valence-electron chi connectivity index (χ2n) is 4.16. The molecule has 2 aromatic rings. The Morgan fingerprint density at radius 2 is 1.58 bits per heavy atom. The summed E-state index contributed by atoms with van der Waals surface area (Å²) in [5.41, 5.74) is 8.61. The van der Waals surface area contributed by atoms with Crippen LogP contribution in [0.1, 0.15) is 16.7 Å². The summed E-state index contributed by atoms with van der Waals surface area (Å²) in [5.74, 6) is 1.79. The number of halogens is 1. The van der Waals surface area contributed by atoms with Crippen LogP contribution in [-0.4, -0.2) is 5.84 Å². The molecule has 0 saturated heterocycles. The first-order valence-corrected chi connectivity index (χ1v) is 7.45. The standard InChI is InChI=1S/C15H15ClN2S/c16-14-8-4-2-6-12(14)10-19-9-11-5-1-3-7-13(11)15(17)18/h1-8H,9-10H2,(H3,17,18). The molecule has 98 valence electrons. The van der Waals surface area contributed by atoms with Crippen molar-refractivity contribution in [3.63, 3.8) is 0 Å². The van der Waals surface area contributed by atoms with Crippen molar-refractivity contribution in [1.82, 2.24) is 0 Å². The van der Waals surface area contributed by atoms with Crippen LogP contribution >= 0.6 is 23.4 Å². The molecular weight excluding hydrogens is 276 g/mol. The van der Waals surface area contributed by atoms with Gasteiger partial charge in [0.15, 0.2) is 0 Å². The van der Waals surface area contributed by atoms with E-state index in [-0.39, 0.29) is 5.84 Å². The normalized spacial score (nSPS) is 10.4. The molecule has 0 heterocycles. The first-order valence-electron chi connectivity index (χ1n) is 5.92. The number of hydrogen-bond acceptors (Lipinski definition) is 2. The highest BCUT2D eigenvalue weighted by Gasteiger charge is 2.05. The molecule has 0 spiro atoms. The van der Waals surface area contributed by atoms with Crippen molar-refractivity contribution in [2.75, 3.05) is 0 Å². The Bertz CT molecular complexity index is 584. The lowest BCUT2D eigenvalue weighted by Gasteiger charge is -2.08. The zero-order valence-electron chi connectivity index (χ0n) is 10.4. The van der Waals surface area contributed by atoms with E-state index < -0.39 is 0 Å². The molecule has 0 saturated carbocycles. The Balaban J connectivity index is 2.00. The van der Waals surface area contributed by atoms with E-state index in [0.29, 0.717) is 0 Å².